The van der Waals surface area contributed by atoms with Crippen molar-refractivity contribution in [3.63, 3.8) is 0 Å². The molecule has 0 fully saturated rings. The summed E-state index contributed by atoms with van der Waals surface area (Å²) in [4.78, 5) is 15.7. The minimum Gasteiger partial charge on any atom is -0.497 e. The minimum absolute atomic E-state index is 0.127. The molecule has 0 N–H and O–H groups in total. The summed E-state index contributed by atoms with van der Waals surface area (Å²) in [5, 5.41) is 21.4. The Morgan fingerprint density at radius 1 is 1.07 bits per heavy atom. The summed E-state index contributed by atoms with van der Waals surface area (Å²) >= 11 is 0. The van der Waals surface area contributed by atoms with E-state index in [1.54, 1.807) is 42.5 Å². The van der Waals surface area contributed by atoms with E-state index >= 15 is 0 Å². The van der Waals surface area contributed by atoms with Gasteiger partial charge >= 0.3 is 5.69 Å². The smallest absolute Gasteiger partial charge is 0.303 e. The summed E-state index contributed by atoms with van der Waals surface area (Å²) in [5.74, 6) is 1.24. The van der Waals surface area contributed by atoms with Crippen molar-refractivity contribution in [3.8, 4) is 34.7 Å². The van der Waals surface area contributed by atoms with Gasteiger partial charge in [0, 0.05) is 5.56 Å². The predicted octanol–water partition coefficient (Wildman–Crippen LogP) is 3.73. The maximum absolute atomic E-state index is 11.8. The molecule has 0 aliphatic rings. The van der Waals surface area contributed by atoms with Gasteiger partial charge in [0.05, 0.1) is 29.9 Å². The number of nitrogens with zero attached hydrogens (tertiary/aromatic N) is 3. The van der Waals surface area contributed by atoms with Crippen molar-refractivity contribution < 1.29 is 19.1 Å². The van der Waals surface area contributed by atoms with Gasteiger partial charge in [0.1, 0.15) is 17.6 Å². The van der Waals surface area contributed by atoms with E-state index in [4.69, 9.17) is 19.5 Å². The van der Waals surface area contributed by atoms with Gasteiger partial charge in [0.2, 0.25) is 5.88 Å². The molecule has 0 amide bonds. The molecule has 0 aliphatic heterocycles. The predicted molar refractivity (Wildman–Crippen MR) is 98.0 cm³/mol. The zero-order chi connectivity index (χ0) is 19.4. The lowest BCUT2D eigenvalue weighted by molar-refractivity contribution is -0.382. The Morgan fingerprint density at radius 2 is 1.74 bits per heavy atom. The number of nitro groups is 1. The largest absolute Gasteiger partial charge is 0.497 e. The molecule has 0 saturated heterocycles. The molecule has 1 aromatic heterocycles. The number of fused-ring (bicyclic) bond motifs is 1. The Balaban J connectivity index is 2.32. The van der Waals surface area contributed by atoms with Crippen molar-refractivity contribution in [1.29, 1.82) is 5.26 Å². The monoisotopic (exact) mass is 365 g/mol. The fourth-order valence-corrected chi connectivity index (χ4v) is 2.72. The molecule has 0 bridgehead atoms. The van der Waals surface area contributed by atoms with E-state index in [9.17, 15) is 10.1 Å². The highest BCUT2D eigenvalue weighted by Crippen LogP contribution is 2.40. The quantitative estimate of drug-likeness (QED) is 0.484. The molecule has 8 nitrogen and oxygen atoms in total. The minimum atomic E-state index is -0.477. The molecule has 1 heterocycles. The van der Waals surface area contributed by atoms with Crippen molar-refractivity contribution in [3.05, 3.63) is 52.6 Å². The Hall–Kier alpha value is -3.86. The molecule has 3 rings (SSSR count). The first-order chi connectivity index (χ1) is 13.1. The van der Waals surface area contributed by atoms with Gasteiger partial charge in [-0.3, -0.25) is 10.1 Å². The third-order valence-corrected chi connectivity index (χ3v) is 3.97. The topological polar surface area (TPSA) is 108 Å². The lowest BCUT2D eigenvalue weighted by atomic mass is 10.0. The van der Waals surface area contributed by atoms with E-state index < -0.39 is 4.92 Å². The second kappa shape index (κ2) is 7.58. The van der Waals surface area contributed by atoms with Crippen LogP contribution in [-0.2, 0) is 0 Å². The third kappa shape index (κ3) is 3.43. The zero-order valence-electron chi connectivity index (χ0n) is 14.6. The Bertz CT molecular complexity index is 1040. The normalized spacial score (nSPS) is 10.3. The van der Waals surface area contributed by atoms with Crippen LogP contribution in [0.3, 0.4) is 0 Å². The van der Waals surface area contributed by atoms with E-state index in [1.807, 2.05) is 6.07 Å². The van der Waals surface area contributed by atoms with E-state index in [2.05, 4.69) is 4.98 Å². The molecule has 8 heteroatoms. The van der Waals surface area contributed by atoms with Gasteiger partial charge in [-0.15, -0.1) is 0 Å². The molecule has 136 valence electrons. The first kappa shape index (κ1) is 17.9. The highest BCUT2D eigenvalue weighted by Gasteiger charge is 2.25. The molecule has 2 aromatic carbocycles. The SMILES string of the molecule is COc1ccc(-c2nc(OCC#N)c3cc(OC)ccc3c2[N+](=O)[O-])cc1. The zero-order valence-corrected chi connectivity index (χ0v) is 14.6. The highest BCUT2D eigenvalue weighted by atomic mass is 16.6. The number of rotatable bonds is 6. The molecule has 0 unspecified atom stereocenters. The summed E-state index contributed by atoms with van der Waals surface area (Å²) < 4.78 is 15.8. The van der Waals surface area contributed by atoms with Crippen LogP contribution >= 0.6 is 0 Å². The lowest BCUT2D eigenvalue weighted by Gasteiger charge is -2.12. The third-order valence-electron chi connectivity index (χ3n) is 3.97. The van der Waals surface area contributed by atoms with Gasteiger partial charge < -0.3 is 14.2 Å². The number of hydrogen-bond acceptors (Lipinski definition) is 7. The number of hydrogen-bond donors (Lipinski definition) is 0. The number of pyridine rings is 1. The maximum Gasteiger partial charge on any atom is 0.303 e. The average Bonchev–Trinajstić information content (AvgIpc) is 2.70. The van der Waals surface area contributed by atoms with Gasteiger partial charge in [-0.25, -0.2) is 4.98 Å². The van der Waals surface area contributed by atoms with Gasteiger partial charge in [-0.1, -0.05) is 0 Å². The molecular formula is C19H15N3O5. The fourth-order valence-electron chi connectivity index (χ4n) is 2.72. The number of methoxy groups -OCH3 is 2. The van der Waals surface area contributed by atoms with E-state index in [1.165, 1.54) is 14.2 Å². The first-order valence-electron chi connectivity index (χ1n) is 7.89. The lowest BCUT2D eigenvalue weighted by Crippen LogP contribution is -2.02. The van der Waals surface area contributed by atoms with Crippen LogP contribution in [0.5, 0.6) is 17.4 Å². The van der Waals surface area contributed by atoms with Crippen LogP contribution in [0.4, 0.5) is 5.69 Å². The number of benzene rings is 2. The molecular weight excluding hydrogens is 350 g/mol. The Morgan fingerprint density at radius 3 is 2.33 bits per heavy atom. The van der Waals surface area contributed by atoms with E-state index in [-0.39, 0.29) is 23.9 Å². The van der Waals surface area contributed by atoms with Crippen LogP contribution in [0.15, 0.2) is 42.5 Å². The van der Waals surface area contributed by atoms with Crippen molar-refractivity contribution in [1.82, 2.24) is 4.98 Å². The molecule has 3 aromatic rings. The van der Waals surface area contributed by atoms with Gasteiger partial charge in [-0.05, 0) is 42.5 Å². The second-order valence-electron chi connectivity index (χ2n) is 5.46. The molecule has 0 spiro atoms. The Labute approximate surface area is 154 Å². The van der Waals surface area contributed by atoms with Crippen molar-refractivity contribution in [2.75, 3.05) is 20.8 Å². The van der Waals surface area contributed by atoms with Crippen LogP contribution in [0.2, 0.25) is 0 Å². The van der Waals surface area contributed by atoms with Gasteiger partial charge in [-0.2, -0.15) is 5.26 Å². The van der Waals surface area contributed by atoms with Crippen LogP contribution in [0, 0.1) is 21.4 Å². The van der Waals surface area contributed by atoms with Gasteiger partial charge in [0.25, 0.3) is 0 Å². The van der Waals surface area contributed by atoms with Crippen LogP contribution in [0.1, 0.15) is 0 Å². The van der Waals surface area contributed by atoms with Crippen LogP contribution in [-0.4, -0.2) is 30.7 Å². The summed E-state index contributed by atoms with van der Waals surface area (Å²) in [5.41, 5.74) is 0.525. The molecule has 0 atom stereocenters. The van der Waals surface area contributed by atoms with Crippen molar-refractivity contribution in [2.45, 2.75) is 0 Å². The van der Waals surface area contributed by atoms with Crippen molar-refractivity contribution >= 4 is 16.5 Å². The summed E-state index contributed by atoms with van der Waals surface area (Å²) in [6.07, 6.45) is 0. The standard InChI is InChI=1S/C19H15N3O5/c1-25-13-5-3-12(4-6-13)17-18(22(23)24)15-8-7-14(26-2)11-16(15)19(21-17)27-10-9-20/h3-8,11H,10H2,1-2H3. The number of ether oxygens (including phenoxy) is 3. The van der Waals surface area contributed by atoms with E-state index in [0.717, 1.165) is 0 Å². The molecule has 0 saturated carbocycles. The van der Waals surface area contributed by atoms with Crippen LogP contribution in [0.25, 0.3) is 22.0 Å². The van der Waals surface area contributed by atoms with Gasteiger partial charge in [0.15, 0.2) is 12.3 Å². The summed E-state index contributed by atoms with van der Waals surface area (Å²) in [6.45, 7) is -0.237. The first-order valence-corrected chi connectivity index (χ1v) is 7.89. The number of nitriles is 1. The summed E-state index contributed by atoms with van der Waals surface area (Å²) in [6, 6.07) is 13.4. The second-order valence-corrected chi connectivity index (χ2v) is 5.46. The Kier molecular flexibility index (Phi) is 5.04. The highest BCUT2D eigenvalue weighted by molar-refractivity contribution is 6.00. The van der Waals surface area contributed by atoms with E-state index in [0.29, 0.717) is 27.8 Å². The summed E-state index contributed by atoms with van der Waals surface area (Å²) in [7, 11) is 3.03. The van der Waals surface area contributed by atoms with Crippen LogP contribution < -0.4 is 14.2 Å². The maximum atomic E-state index is 11.8. The fraction of sp³-hybridized carbons (Fsp3) is 0.158. The number of aromatic nitrogens is 1. The molecule has 0 aliphatic carbocycles. The molecule has 27 heavy (non-hydrogen) atoms. The van der Waals surface area contributed by atoms with Crippen molar-refractivity contribution in [2.24, 2.45) is 0 Å². The average molecular weight is 365 g/mol. The molecule has 0 radical (unpaired) electrons.